The maximum atomic E-state index is 8.91. The minimum absolute atomic E-state index is 0.0931. The average Bonchev–Trinajstić information content (AvgIpc) is 2.94. The lowest BCUT2D eigenvalue weighted by Gasteiger charge is -2.17. The van der Waals surface area contributed by atoms with Gasteiger partial charge in [0.15, 0.2) is 0 Å². The van der Waals surface area contributed by atoms with Gasteiger partial charge < -0.3 is 24.8 Å². The van der Waals surface area contributed by atoms with Crippen molar-refractivity contribution in [1.29, 1.82) is 0 Å². The molecule has 0 aliphatic carbocycles. The predicted octanol–water partition coefficient (Wildman–Crippen LogP) is 1.21. The van der Waals surface area contributed by atoms with Crippen molar-refractivity contribution in [3.8, 4) is 0 Å². The standard InChI is InChI=1S/C14H19N3O3/c1-17(6-7-18)11-2-5-14(15-8-11)16-9-12-3-4-13(10-19)20-12/h2-5,8,18-19H,6-7,9-10H2,1H3,(H,15,16). The van der Waals surface area contributed by atoms with Gasteiger partial charge in [-0.25, -0.2) is 4.98 Å². The molecule has 0 bridgehead atoms. The van der Waals surface area contributed by atoms with E-state index < -0.39 is 0 Å². The second-order valence-corrected chi connectivity index (χ2v) is 4.43. The number of aromatic nitrogens is 1. The number of aliphatic hydroxyl groups excluding tert-OH is 2. The molecule has 0 saturated carbocycles. The molecule has 0 amide bonds. The maximum absolute atomic E-state index is 8.91. The summed E-state index contributed by atoms with van der Waals surface area (Å²) in [7, 11) is 1.90. The number of nitrogens with one attached hydrogen (secondary N) is 1. The lowest BCUT2D eigenvalue weighted by atomic mass is 10.3. The van der Waals surface area contributed by atoms with Crippen LogP contribution < -0.4 is 10.2 Å². The molecule has 0 aliphatic heterocycles. The zero-order chi connectivity index (χ0) is 14.4. The van der Waals surface area contributed by atoms with Crippen molar-refractivity contribution in [2.75, 3.05) is 30.4 Å². The summed E-state index contributed by atoms with van der Waals surface area (Å²) in [6.45, 7) is 1.11. The highest BCUT2D eigenvalue weighted by atomic mass is 16.4. The van der Waals surface area contributed by atoms with E-state index >= 15 is 0 Å². The molecule has 0 atom stereocenters. The first-order chi connectivity index (χ1) is 9.72. The van der Waals surface area contributed by atoms with Gasteiger partial charge in [-0.2, -0.15) is 0 Å². The quantitative estimate of drug-likeness (QED) is 0.705. The van der Waals surface area contributed by atoms with Crippen molar-refractivity contribution < 1.29 is 14.6 Å². The van der Waals surface area contributed by atoms with E-state index in [4.69, 9.17) is 14.6 Å². The molecule has 20 heavy (non-hydrogen) atoms. The Labute approximate surface area is 117 Å². The summed E-state index contributed by atoms with van der Waals surface area (Å²) in [6.07, 6.45) is 1.75. The van der Waals surface area contributed by atoms with E-state index in [1.807, 2.05) is 30.1 Å². The molecule has 0 aromatic carbocycles. The van der Waals surface area contributed by atoms with E-state index in [9.17, 15) is 0 Å². The van der Waals surface area contributed by atoms with Gasteiger partial charge in [-0.1, -0.05) is 0 Å². The Hall–Kier alpha value is -2.05. The molecule has 0 spiro atoms. The van der Waals surface area contributed by atoms with E-state index in [0.29, 0.717) is 18.8 Å². The number of hydrogen-bond donors (Lipinski definition) is 3. The van der Waals surface area contributed by atoms with Crippen LogP contribution in [0.5, 0.6) is 0 Å². The number of pyridine rings is 1. The molecular weight excluding hydrogens is 258 g/mol. The molecule has 0 radical (unpaired) electrons. The molecular formula is C14H19N3O3. The molecule has 3 N–H and O–H groups in total. The van der Waals surface area contributed by atoms with Crippen LogP contribution in [-0.4, -0.2) is 35.4 Å². The Morgan fingerprint density at radius 2 is 2.00 bits per heavy atom. The average molecular weight is 277 g/mol. The molecule has 2 heterocycles. The molecule has 6 heteroatoms. The third-order valence-corrected chi connectivity index (χ3v) is 2.94. The summed E-state index contributed by atoms with van der Waals surface area (Å²) < 4.78 is 5.37. The fourth-order valence-electron chi connectivity index (χ4n) is 1.78. The van der Waals surface area contributed by atoms with Gasteiger partial charge in [0.05, 0.1) is 25.0 Å². The highest BCUT2D eigenvalue weighted by molar-refractivity contribution is 5.48. The fraction of sp³-hybridized carbons (Fsp3) is 0.357. The van der Waals surface area contributed by atoms with Crippen LogP contribution >= 0.6 is 0 Å². The van der Waals surface area contributed by atoms with Gasteiger partial charge in [0, 0.05) is 13.6 Å². The lowest BCUT2D eigenvalue weighted by Crippen LogP contribution is -2.21. The van der Waals surface area contributed by atoms with E-state index in [2.05, 4.69) is 10.3 Å². The fourth-order valence-corrected chi connectivity index (χ4v) is 1.78. The SMILES string of the molecule is CN(CCO)c1ccc(NCc2ccc(CO)o2)nc1. The Morgan fingerprint density at radius 1 is 1.20 bits per heavy atom. The zero-order valence-corrected chi connectivity index (χ0v) is 11.4. The molecule has 2 aromatic rings. The summed E-state index contributed by atoms with van der Waals surface area (Å²) in [6, 6.07) is 7.38. The second kappa shape index (κ2) is 6.93. The van der Waals surface area contributed by atoms with E-state index in [1.165, 1.54) is 0 Å². The Bertz CT molecular complexity index is 525. The second-order valence-electron chi connectivity index (χ2n) is 4.43. The van der Waals surface area contributed by atoms with Crippen molar-refractivity contribution in [3.63, 3.8) is 0 Å². The summed E-state index contributed by atoms with van der Waals surface area (Å²) in [5.41, 5.74) is 0.949. The topological polar surface area (TPSA) is 81.8 Å². The van der Waals surface area contributed by atoms with Crippen LogP contribution in [0.2, 0.25) is 0 Å². The van der Waals surface area contributed by atoms with E-state index in [1.54, 1.807) is 12.3 Å². The third kappa shape index (κ3) is 3.72. The van der Waals surface area contributed by atoms with Crippen molar-refractivity contribution in [3.05, 3.63) is 42.0 Å². The minimum Gasteiger partial charge on any atom is -0.462 e. The molecule has 108 valence electrons. The third-order valence-electron chi connectivity index (χ3n) is 2.94. The number of aliphatic hydroxyl groups is 2. The minimum atomic E-state index is -0.0931. The number of hydrogen-bond acceptors (Lipinski definition) is 6. The normalized spacial score (nSPS) is 10.6. The maximum Gasteiger partial charge on any atom is 0.129 e. The Balaban J connectivity index is 1.90. The predicted molar refractivity (Wildman–Crippen MR) is 76.6 cm³/mol. The number of likely N-dealkylation sites (N-methyl/N-ethyl adjacent to an activating group) is 1. The highest BCUT2D eigenvalue weighted by Crippen LogP contribution is 2.15. The van der Waals surface area contributed by atoms with E-state index in [0.717, 1.165) is 17.3 Å². The molecule has 0 saturated heterocycles. The summed E-state index contributed by atoms with van der Waals surface area (Å²) in [5, 5.41) is 20.9. The summed E-state index contributed by atoms with van der Waals surface area (Å²) in [4.78, 5) is 6.23. The highest BCUT2D eigenvalue weighted by Gasteiger charge is 2.03. The van der Waals surface area contributed by atoms with Crippen LogP contribution in [-0.2, 0) is 13.2 Å². The first kappa shape index (κ1) is 14.4. The van der Waals surface area contributed by atoms with Crippen molar-refractivity contribution in [1.82, 2.24) is 4.98 Å². The monoisotopic (exact) mass is 277 g/mol. The van der Waals surface area contributed by atoms with Crippen LogP contribution in [0.25, 0.3) is 0 Å². The van der Waals surface area contributed by atoms with Crippen LogP contribution in [0.1, 0.15) is 11.5 Å². The van der Waals surface area contributed by atoms with Gasteiger partial charge >= 0.3 is 0 Å². The van der Waals surface area contributed by atoms with Crippen LogP contribution in [0.15, 0.2) is 34.9 Å². The molecule has 2 rings (SSSR count). The van der Waals surface area contributed by atoms with Crippen molar-refractivity contribution in [2.45, 2.75) is 13.2 Å². The Morgan fingerprint density at radius 3 is 2.60 bits per heavy atom. The van der Waals surface area contributed by atoms with Crippen LogP contribution in [0.3, 0.4) is 0 Å². The molecule has 0 unspecified atom stereocenters. The van der Waals surface area contributed by atoms with Gasteiger partial charge in [0.25, 0.3) is 0 Å². The van der Waals surface area contributed by atoms with Crippen molar-refractivity contribution in [2.24, 2.45) is 0 Å². The largest absolute Gasteiger partial charge is 0.462 e. The lowest BCUT2D eigenvalue weighted by molar-refractivity contribution is 0.244. The number of furan rings is 1. The van der Waals surface area contributed by atoms with Crippen LogP contribution in [0.4, 0.5) is 11.5 Å². The van der Waals surface area contributed by atoms with E-state index in [-0.39, 0.29) is 13.2 Å². The van der Waals surface area contributed by atoms with Gasteiger partial charge in [-0.05, 0) is 24.3 Å². The molecule has 6 nitrogen and oxygen atoms in total. The number of nitrogens with zero attached hydrogens (tertiary/aromatic N) is 2. The molecule has 0 aliphatic rings. The first-order valence-corrected chi connectivity index (χ1v) is 6.43. The van der Waals surface area contributed by atoms with Crippen molar-refractivity contribution >= 4 is 11.5 Å². The smallest absolute Gasteiger partial charge is 0.129 e. The summed E-state index contributed by atoms with van der Waals surface area (Å²) in [5.74, 6) is 2.04. The van der Waals surface area contributed by atoms with Crippen LogP contribution in [0, 0.1) is 0 Å². The Kier molecular flexibility index (Phi) is 4.97. The zero-order valence-electron chi connectivity index (χ0n) is 11.4. The first-order valence-electron chi connectivity index (χ1n) is 6.43. The summed E-state index contributed by atoms with van der Waals surface area (Å²) >= 11 is 0. The molecule has 0 fully saturated rings. The van der Waals surface area contributed by atoms with Gasteiger partial charge in [0.2, 0.25) is 0 Å². The van der Waals surface area contributed by atoms with Gasteiger partial charge in [0.1, 0.15) is 23.9 Å². The number of rotatable bonds is 7. The number of anilines is 2. The van der Waals surface area contributed by atoms with Gasteiger partial charge in [-0.3, -0.25) is 0 Å². The van der Waals surface area contributed by atoms with Gasteiger partial charge in [-0.15, -0.1) is 0 Å². The molecule has 2 aromatic heterocycles.